The van der Waals surface area contributed by atoms with Crippen molar-refractivity contribution in [3.05, 3.63) is 23.8 Å². The molecule has 88 valence electrons. The molecule has 0 saturated carbocycles. The summed E-state index contributed by atoms with van der Waals surface area (Å²) < 4.78 is 5.54. The molecule has 0 aromatic carbocycles. The molecule has 0 spiro atoms. The van der Waals surface area contributed by atoms with Crippen molar-refractivity contribution >= 4 is 5.97 Å². The minimum absolute atomic E-state index is 0.0115. The summed E-state index contributed by atoms with van der Waals surface area (Å²) in [4.78, 5) is 14.1. The number of allylic oxidation sites excluding steroid dienone is 1. The topological polar surface area (TPSA) is 29.5 Å². The quantitative estimate of drug-likeness (QED) is 0.405. The first-order chi connectivity index (χ1) is 7.63. The number of ether oxygens (including phenoxy) is 1. The molecule has 0 radical (unpaired) electrons. The summed E-state index contributed by atoms with van der Waals surface area (Å²) in [5, 5.41) is 0. The number of rotatable bonds is 2. The molecular formula is C13H19NO2. The lowest BCUT2D eigenvalue weighted by Crippen LogP contribution is -2.33. The van der Waals surface area contributed by atoms with Gasteiger partial charge < -0.3 is 4.74 Å². The van der Waals surface area contributed by atoms with Gasteiger partial charge in [0, 0.05) is 18.7 Å². The Balaban J connectivity index is 2.01. The van der Waals surface area contributed by atoms with Crippen LogP contribution in [0.25, 0.3) is 0 Å². The van der Waals surface area contributed by atoms with Crippen LogP contribution in [0.3, 0.4) is 0 Å². The van der Waals surface area contributed by atoms with E-state index in [0.717, 1.165) is 25.9 Å². The summed E-state index contributed by atoms with van der Waals surface area (Å²) in [5.41, 5.74) is 1.90. The second-order valence-corrected chi connectivity index (χ2v) is 4.59. The van der Waals surface area contributed by atoms with Gasteiger partial charge in [-0.05, 0) is 26.7 Å². The lowest BCUT2D eigenvalue weighted by atomic mass is 10.1. The molecule has 2 aliphatic rings. The molecule has 2 rings (SSSR count). The highest BCUT2D eigenvalue weighted by atomic mass is 16.5. The largest absolute Gasteiger partial charge is 0.457 e. The van der Waals surface area contributed by atoms with E-state index in [1.165, 1.54) is 5.57 Å². The van der Waals surface area contributed by atoms with Crippen LogP contribution in [0.15, 0.2) is 23.8 Å². The monoisotopic (exact) mass is 221 g/mol. The molecule has 16 heavy (non-hydrogen) atoms. The molecular weight excluding hydrogens is 202 g/mol. The lowest BCUT2D eigenvalue weighted by molar-refractivity contribution is -0.144. The first-order valence-corrected chi connectivity index (χ1v) is 5.89. The Morgan fingerprint density at radius 1 is 1.56 bits per heavy atom. The van der Waals surface area contributed by atoms with E-state index in [4.69, 9.17) is 4.74 Å². The van der Waals surface area contributed by atoms with Crippen molar-refractivity contribution in [1.29, 1.82) is 0 Å². The second kappa shape index (κ2) is 4.42. The van der Waals surface area contributed by atoms with Crippen LogP contribution in [0.5, 0.6) is 0 Å². The molecule has 0 aromatic heterocycles. The SMILES string of the molecule is C=C1CCN2CC[C@@H](OC(=O)/C(C)=C\C)[C@@H]12. The predicted molar refractivity (Wildman–Crippen MR) is 63.0 cm³/mol. The summed E-state index contributed by atoms with van der Waals surface area (Å²) in [6.07, 6.45) is 3.78. The van der Waals surface area contributed by atoms with Gasteiger partial charge in [0.2, 0.25) is 0 Å². The van der Waals surface area contributed by atoms with Gasteiger partial charge in [0.15, 0.2) is 0 Å². The van der Waals surface area contributed by atoms with Crippen molar-refractivity contribution in [2.75, 3.05) is 13.1 Å². The summed E-state index contributed by atoms with van der Waals surface area (Å²) in [6, 6.07) is 0.272. The number of carbonyl (C=O) groups is 1. The number of hydrogen-bond acceptors (Lipinski definition) is 3. The van der Waals surface area contributed by atoms with Gasteiger partial charge in [0.05, 0.1) is 6.04 Å². The van der Waals surface area contributed by atoms with Crippen molar-refractivity contribution < 1.29 is 9.53 Å². The molecule has 2 aliphatic heterocycles. The van der Waals surface area contributed by atoms with Gasteiger partial charge in [-0.1, -0.05) is 18.2 Å². The summed E-state index contributed by atoms with van der Waals surface area (Å²) in [6.45, 7) is 9.81. The molecule has 2 atom stereocenters. The fourth-order valence-corrected chi connectivity index (χ4v) is 2.50. The summed E-state index contributed by atoms with van der Waals surface area (Å²) >= 11 is 0. The normalized spacial score (nSPS) is 30.6. The van der Waals surface area contributed by atoms with Crippen LogP contribution in [-0.2, 0) is 9.53 Å². The minimum atomic E-state index is -0.186. The zero-order chi connectivity index (χ0) is 11.7. The molecule has 0 unspecified atom stereocenters. The zero-order valence-electron chi connectivity index (χ0n) is 10.0. The second-order valence-electron chi connectivity index (χ2n) is 4.59. The van der Waals surface area contributed by atoms with Gasteiger partial charge >= 0.3 is 5.97 Å². The maximum Gasteiger partial charge on any atom is 0.333 e. The highest BCUT2D eigenvalue weighted by Crippen LogP contribution is 2.33. The van der Waals surface area contributed by atoms with Crippen LogP contribution in [-0.4, -0.2) is 36.1 Å². The third-order valence-electron chi connectivity index (χ3n) is 3.60. The smallest absolute Gasteiger partial charge is 0.333 e. The minimum Gasteiger partial charge on any atom is -0.457 e. The van der Waals surface area contributed by atoms with Gasteiger partial charge in [-0.25, -0.2) is 4.79 Å². The highest BCUT2D eigenvalue weighted by Gasteiger charge is 2.41. The molecule has 0 aromatic rings. The van der Waals surface area contributed by atoms with E-state index in [2.05, 4.69) is 11.5 Å². The average Bonchev–Trinajstić information content (AvgIpc) is 2.82. The molecule has 0 bridgehead atoms. The molecule has 0 aliphatic carbocycles. The number of hydrogen-bond donors (Lipinski definition) is 0. The molecule has 2 fully saturated rings. The van der Waals surface area contributed by atoms with Crippen molar-refractivity contribution in [2.24, 2.45) is 0 Å². The maximum atomic E-state index is 11.7. The van der Waals surface area contributed by atoms with Gasteiger partial charge in [-0.2, -0.15) is 0 Å². The summed E-state index contributed by atoms with van der Waals surface area (Å²) in [7, 11) is 0. The Morgan fingerprint density at radius 3 is 3.00 bits per heavy atom. The van der Waals surface area contributed by atoms with E-state index in [1.54, 1.807) is 13.0 Å². The van der Waals surface area contributed by atoms with Crippen molar-refractivity contribution in [2.45, 2.75) is 38.8 Å². The van der Waals surface area contributed by atoms with Gasteiger partial charge in [0.1, 0.15) is 6.10 Å². The summed E-state index contributed by atoms with van der Waals surface area (Å²) in [5.74, 6) is -0.186. The average molecular weight is 221 g/mol. The van der Waals surface area contributed by atoms with Crippen molar-refractivity contribution in [1.82, 2.24) is 4.90 Å². The van der Waals surface area contributed by atoms with E-state index in [0.29, 0.717) is 5.57 Å². The third-order valence-corrected chi connectivity index (χ3v) is 3.60. The van der Waals surface area contributed by atoms with E-state index in [9.17, 15) is 4.79 Å². The standard InChI is InChI=1S/C13H19NO2/c1-4-9(2)13(15)16-11-6-8-14-7-5-10(3)12(11)14/h4,11-12H,3,5-8H2,1-2H3/b9-4-/t11-,12-/m1/s1. The number of nitrogens with zero attached hydrogens (tertiary/aromatic N) is 1. The van der Waals surface area contributed by atoms with E-state index in [1.807, 2.05) is 6.92 Å². The first-order valence-electron chi connectivity index (χ1n) is 5.89. The number of fused-ring (bicyclic) bond motifs is 1. The van der Waals surface area contributed by atoms with Crippen LogP contribution < -0.4 is 0 Å². The molecule has 2 saturated heterocycles. The highest BCUT2D eigenvalue weighted by molar-refractivity contribution is 5.87. The predicted octanol–water partition coefficient (Wildman–Crippen LogP) is 1.90. The Labute approximate surface area is 96.8 Å². The Bertz CT molecular complexity index is 346. The van der Waals surface area contributed by atoms with E-state index in [-0.39, 0.29) is 18.1 Å². The fraction of sp³-hybridized carbons (Fsp3) is 0.615. The van der Waals surface area contributed by atoms with Crippen LogP contribution in [0.2, 0.25) is 0 Å². The van der Waals surface area contributed by atoms with E-state index < -0.39 is 0 Å². The van der Waals surface area contributed by atoms with Crippen LogP contribution >= 0.6 is 0 Å². The molecule has 2 heterocycles. The molecule has 0 N–H and O–H groups in total. The van der Waals surface area contributed by atoms with Gasteiger partial charge in [0.25, 0.3) is 0 Å². The Hall–Kier alpha value is -1.09. The van der Waals surface area contributed by atoms with Gasteiger partial charge in [-0.15, -0.1) is 0 Å². The number of esters is 1. The van der Waals surface area contributed by atoms with Crippen LogP contribution in [0.1, 0.15) is 26.7 Å². The third kappa shape index (κ3) is 1.92. The Morgan fingerprint density at radius 2 is 2.31 bits per heavy atom. The zero-order valence-corrected chi connectivity index (χ0v) is 10.0. The lowest BCUT2D eigenvalue weighted by Gasteiger charge is -2.21. The maximum absolute atomic E-state index is 11.7. The fourth-order valence-electron chi connectivity index (χ4n) is 2.50. The molecule has 3 nitrogen and oxygen atoms in total. The molecule has 0 amide bonds. The first kappa shape index (κ1) is 11.4. The Kier molecular flexibility index (Phi) is 3.15. The van der Waals surface area contributed by atoms with Crippen LogP contribution in [0, 0.1) is 0 Å². The van der Waals surface area contributed by atoms with Gasteiger partial charge in [-0.3, -0.25) is 4.90 Å². The molecule has 3 heteroatoms. The number of carbonyl (C=O) groups excluding carboxylic acids is 1. The van der Waals surface area contributed by atoms with Crippen LogP contribution in [0.4, 0.5) is 0 Å². The van der Waals surface area contributed by atoms with E-state index >= 15 is 0 Å². The van der Waals surface area contributed by atoms with Crippen molar-refractivity contribution in [3.8, 4) is 0 Å². The van der Waals surface area contributed by atoms with Crippen molar-refractivity contribution in [3.63, 3.8) is 0 Å².